The quantitative estimate of drug-likeness (QED) is 0.756. The third-order valence-corrected chi connectivity index (χ3v) is 5.05. The van der Waals surface area contributed by atoms with E-state index >= 15 is 0 Å². The molecular weight excluding hydrogens is 339 g/mol. The zero-order valence-electron chi connectivity index (χ0n) is 10.9. The van der Waals surface area contributed by atoms with Gasteiger partial charge in [0.2, 0.25) is 0 Å². The standard InChI is InChI=1S/C11H14Cl2N4O3S/c12-9-6-7(14)5-8(10(9)13)11(18)16-1-3-17(4-2-16)21(15,19)20/h5-6H,1-4,14H2,(H2,15,19,20). The van der Waals surface area contributed by atoms with Crippen LogP contribution in [0.25, 0.3) is 0 Å². The van der Waals surface area contributed by atoms with E-state index in [1.54, 1.807) is 0 Å². The van der Waals surface area contributed by atoms with Gasteiger partial charge in [-0.3, -0.25) is 4.79 Å². The van der Waals surface area contributed by atoms with E-state index in [2.05, 4.69) is 0 Å². The Labute approximate surface area is 132 Å². The van der Waals surface area contributed by atoms with Gasteiger partial charge in [0.05, 0.1) is 15.6 Å². The van der Waals surface area contributed by atoms with Crippen LogP contribution in [0.3, 0.4) is 0 Å². The maximum atomic E-state index is 12.4. The Kier molecular flexibility index (Phi) is 4.64. The zero-order valence-corrected chi connectivity index (χ0v) is 13.2. The lowest BCUT2D eigenvalue weighted by atomic mass is 10.1. The van der Waals surface area contributed by atoms with E-state index in [0.29, 0.717) is 5.69 Å². The summed E-state index contributed by atoms with van der Waals surface area (Å²) in [5.41, 5.74) is 6.19. The highest BCUT2D eigenvalue weighted by molar-refractivity contribution is 7.86. The Morgan fingerprint density at radius 3 is 2.24 bits per heavy atom. The fourth-order valence-corrected chi connectivity index (χ4v) is 3.17. The number of carbonyl (C=O) groups is 1. The van der Waals surface area contributed by atoms with Crippen molar-refractivity contribution in [2.75, 3.05) is 31.9 Å². The summed E-state index contributed by atoms with van der Waals surface area (Å²) in [6.07, 6.45) is 0. The molecule has 1 aliphatic rings. The SMILES string of the molecule is Nc1cc(Cl)c(Cl)c(C(=O)N2CCN(S(N)(=O)=O)CC2)c1. The van der Waals surface area contributed by atoms with Crippen molar-refractivity contribution in [3.63, 3.8) is 0 Å². The summed E-state index contributed by atoms with van der Waals surface area (Å²) in [6, 6.07) is 2.90. The monoisotopic (exact) mass is 352 g/mol. The number of rotatable bonds is 2. The number of halogens is 2. The Bertz CT molecular complexity index is 672. The average molecular weight is 353 g/mol. The Morgan fingerprint density at radius 2 is 1.71 bits per heavy atom. The number of anilines is 1. The van der Waals surface area contributed by atoms with Gasteiger partial charge in [-0.2, -0.15) is 12.7 Å². The first-order valence-corrected chi connectivity index (χ1v) is 8.27. The highest BCUT2D eigenvalue weighted by Crippen LogP contribution is 2.29. The zero-order chi connectivity index (χ0) is 15.8. The van der Waals surface area contributed by atoms with Crippen molar-refractivity contribution in [1.82, 2.24) is 9.21 Å². The number of nitrogen functional groups attached to an aromatic ring is 1. The van der Waals surface area contributed by atoms with E-state index in [4.69, 9.17) is 34.1 Å². The molecule has 1 aliphatic heterocycles. The molecule has 4 N–H and O–H groups in total. The van der Waals surface area contributed by atoms with Gasteiger partial charge in [0.15, 0.2) is 0 Å². The fraction of sp³-hybridized carbons (Fsp3) is 0.364. The summed E-state index contributed by atoms with van der Waals surface area (Å²) in [5, 5.41) is 5.37. The highest BCUT2D eigenvalue weighted by atomic mass is 35.5. The van der Waals surface area contributed by atoms with Crippen LogP contribution in [-0.4, -0.2) is 49.7 Å². The number of nitrogens with zero attached hydrogens (tertiary/aromatic N) is 2. The number of hydrogen-bond acceptors (Lipinski definition) is 4. The first-order valence-electron chi connectivity index (χ1n) is 6.02. The Morgan fingerprint density at radius 1 is 1.14 bits per heavy atom. The molecule has 1 saturated heterocycles. The number of amides is 1. The molecule has 0 saturated carbocycles. The van der Waals surface area contributed by atoms with Gasteiger partial charge in [-0.1, -0.05) is 23.2 Å². The predicted octanol–water partition coefficient (Wildman–Crippen LogP) is 0.537. The lowest BCUT2D eigenvalue weighted by Crippen LogP contribution is -2.52. The van der Waals surface area contributed by atoms with E-state index in [1.807, 2.05) is 0 Å². The molecule has 21 heavy (non-hydrogen) atoms. The van der Waals surface area contributed by atoms with Gasteiger partial charge in [0.25, 0.3) is 16.1 Å². The van der Waals surface area contributed by atoms with Crippen LogP contribution in [0.15, 0.2) is 12.1 Å². The normalized spacial score (nSPS) is 17.0. The number of nitrogens with two attached hydrogens (primary N) is 2. The largest absolute Gasteiger partial charge is 0.399 e. The summed E-state index contributed by atoms with van der Waals surface area (Å²) < 4.78 is 23.6. The Balaban J connectivity index is 2.16. The molecule has 116 valence electrons. The molecule has 0 unspecified atom stereocenters. The van der Waals surface area contributed by atoms with Gasteiger partial charge >= 0.3 is 0 Å². The lowest BCUT2D eigenvalue weighted by Gasteiger charge is -2.33. The molecule has 1 heterocycles. The smallest absolute Gasteiger partial charge is 0.277 e. The van der Waals surface area contributed by atoms with Crippen LogP contribution in [0.5, 0.6) is 0 Å². The van der Waals surface area contributed by atoms with Crippen molar-refractivity contribution in [3.8, 4) is 0 Å². The van der Waals surface area contributed by atoms with Gasteiger partial charge in [0, 0.05) is 31.9 Å². The van der Waals surface area contributed by atoms with Gasteiger partial charge in [-0.05, 0) is 12.1 Å². The average Bonchev–Trinajstić information content (AvgIpc) is 2.41. The molecule has 0 aromatic heterocycles. The second-order valence-corrected chi connectivity index (χ2v) is 6.93. The maximum Gasteiger partial charge on any atom is 0.277 e. The van der Waals surface area contributed by atoms with Crippen LogP contribution < -0.4 is 10.9 Å². The van der Waals surface area contributed by atoms with Crippen LogP contribution in [-0.2, 0) is 10.2 Å². The van der Waals surface area contributed by atoms with Crippen LogP contribution in [0.4, 0.5) is 5.69 Å². The number of carbonyl (C=O) groups excluding carboxylic acids is 1. The van der Waals surface area contributed by atoms with Crippen LogP contribution >= 0.6 is 23.2 Å². The first-order chi connectivity index (χ1) is 9.70. The third kappa shape index (κ3) is 3.58. The highest BCUT2D eigenvalue weighted by Gasteiger charge is 2.28. The summed E-state index contributed by atoms with van der Waals surface area (Å²) in [5.74, 6) is -0.344. The first kappa shape index (κ1) is 16.3. The fourth-order valence-electron chi connectivity index (χ4n) is 2.08. The molecule has 0 atom stereocenters. The van der Waals surface area contributed by atoms with E-state index in [-0.39, 0.29) is 47.7 Å². The van der Waals surface area contributed by atoms with E-state index in [0.717, 1.165) is 4.31 Å². The third-order valence-electron chi connectivity index (χ3n) is 3.17. The molecular formula is C11H14Cl2N4O3S. The van der Waals surface area contributed by atoms with Gasteiger partial charge in [0.1, 0.15) is 0 Å². The summed E-state index contributed by atoms with van der Waals surface area (Å²) in [7, 11) is -3.73. The molecule has 1 fully saturated rings. The van der Waals surface area contributed by atoms with Crippen molar-refractivity contribution in [2.45, 2.75) is 0 Å². The molecule has 0 spiro atoms. The number of hydrogen-bond donors (Lipinski definition) is 2. The van der Waals surface area contributed by atoms with E-state index in [9.17, 15) is 13.2 Å². The second-order valence-electron chi connectivity index (χ2n) is 4.60. The Hall–Kier alpha value is -1.06. The number of benzene rings is 1. The molecule has 1 aromatic carbocycles. The molecule has 0 bridgehead atoms. The molecule has 2 rings (SSSR count). The lowest BCUT2D eigenvalue weighted by molar-refractivity contribution is 0.0698. The van der Waals surface area contributed by atoms with Gasteiger partial charge in [-0.15, -0.1) is 0 Å². The number of piperazine rings is 1. The topological polar surface area (TPSA) is 110 Å². The van der Waals surface area contributed by atoms with Crippen molar-refractivity contribution >= 4 is 45.0 Å². The minimum Gasteiger partial charge on any atom is -0.399 e. The van der Waals surface area contributed by atoms with E-state index < -0.39 is 10.2 Å². The van der Waals surface area contributed by atoms with Crippen LogP contribution in [0.1, 0.15) is 10.4 Å². The molecule has 7 nitrogen and oxygen atoms in total. The molecule has 1 amide bonds. The van der Waals surface area contributed by atoms with Crippen LogP contribution in [0.2, 0.25) is 10.0 Å². The summed E-state index contributed by atoms with van der Waals surface area (Å²) in [6.45, 7) is 0.715. The van der Waals surface area contributed by atoms with E-state index in [1.165, 1.54) is 17.0 Å². The van der Waals surface area contributed by atoms with Crippen molar-refractivity contribution in [3.05, 3.63) is 27.7 Å². The van der Waals surface area contributed by atoms with Gasteiger partial charge in [-0.25, -0.2) is 5.14 Å². The second kappa shape index (κ2) is 5.98. The predicted molar refractivity (Wildman–Crippen MR) is 81.5 cm³/mol. The van der Waals surface area contributed by atoms with Crippen molar-refractivity contribution in [1.29, 1.82) is 0 Å². The summed E-state index contributed by atoms with van der Waals surface area (Å²) in [4.78, 5) is 13.9. The van der Waals surface area contributed by atoms with Crippen molar-refractivity contribution in [2.24, 2.45) is 5.14 Å². The molecule has 0 radical (unpaired) electrons. The molecule has 0 aliphatic carbocycles. The molecule has 1 aromatic rings. The minimum atomic E-state index is -3.73. The van der Waals surface area contributed by atoms with Gasteiger partial charge < -0.3 is 10.6 Å². The minimum absolute atomic E-state index is 0.129. The summed E-state index contributed by atoms with van der Waals surface area (Å²) >= 11 is 11.9. The van der Waals surface area contributed by atoms with Crippen molar-refractivity contribution < 1.29 is 13.2 Å². The molecule has 10 heteroatoms. The van der Waals surface area contributed by atoms with Crippen LogP contribution in [0, 0.1) is 0 Å². The maximum absolute atomic E-state index is 12.4.